The summed E-state index contributed by atoms with van der Waals surface area (Å²) in [5.41, 5.74) is 10.3. The van der Waals surface area contributed by atoms with Crippen LogP contribution in [0.2, 0.25) is 0 Å². The zero-order chi connectivity index (χ0) is 37.4. The van der Waals surface area contributed by atoms with Gasteiger partial charge in [-0.3, -0.25) is 29.2 Å². The van der Waals surface area contributed by atoms with Gasteiger partial charge in [-0.2, -0.15) is 0 Å². The van der Waals surface area contributed by atoms with Crippen LogP contribution in [0.5, 0.6) is 0 Å². The largest absolute Gasteiger partial charge is 0.460 e. The SMILES string of the molecule is CC(NC(=O)C(N=C(N)OC(C)(C)C)C(C)C)C(=O)N1CCC[C@@H](C(=O)O[C@H](C)c2cnc3ccc(/C=C/CC(=O)OC(C)(C)C)cc3n2)N1. The van der Waals surface area contributed by atoms with Gasteiger partial charge in [-0.25, -0.2) is 15.4 Å². The number of esters is 2. The topological polar surface area (TPSA) is 187 Å². The number of benzene rings is 1. The number of aromatic nitrogens is 2. The number of amides is 2. The fourth-order valence-electron chi connectivity index (χ4n) is 5.03. The molecule has 0 radical (unpaired) electrons. The molecule has 1 saturated heterocycles. The second-order valence-corrected chi connectivity index (χ2v) is 14.7. The van der Waals surface area contributed by atoms with Crippen molar-refractivity contribution in [3.8, 4) is 0 Å². The minimum absolute atomic E-state index is 0.109. The summed E-state index contributed by atoms with van der Waals surface area (Å²) in [5.74, 6) is -1.95. The molecule has 0 bridgehead atoms. The van der Waals surface area contributed by atoms with Crippen LogP contribution >= 0.6 is 0 Å². The van der Waals surface area contributed by atoms with Gasteiger partial charge in [0.1, 0.15) is 35.4 Å². The predicted molar refractivity (Wildman–Crippen MR) is 190 cm³/mol. The lowest BCUT2D eigenvalue weighted by molar-refractivity contribution is -0.157. The number of nitrogens with one attached hydrogen (secondary N) is 2. The molecule has 1 aromatic heterocycles. The first kappa shape index (κ1) is 39.8. The van der Waals surface area contributed by atoms with E-state index in [1.165, 1.54) is 5.01 Å². The molecule has 2 heterocycles. The molecule has 2 amide bonds. The third kappa shape index (κ3) is 12.4. The average molecular weight is 696 g/mol. The summed E-state index contributed by atoms with van der Waals surface area (Å²) in [7, 11) is 0. The second kappa shape index (κ2) is 16.9. The Morgan fingerprint density at radius 1 is 1.06 bits per heavy atom. The molecule has 3 rings (SSSR count). The number of nitrogens with two attached hydrogens (primary N) is 1. The van der Waals surface area contributed by atoms with Crippen LogP contribution in [0.4, 0.5) is 0 Å². The first-order valence-electron chi connectivity index (χ1n) is 17.0. The molecule has 0 spiro atoms. The molecule has 14 nitrogen and oxygen atoms in total. The van der Waals surface area contributed by atoms with Crippen LogP contribution in [0.25, 0.3) is 17.1 Å². The Balaban J connectivity index is 1.60. The Hall–Kier alpha value is -4.59. The molecule has 0 aliphatic carbocycles. The maximum absolute atomic E-state index is 13.3. The van der Waals surface area contributed by atoms with Gasteiger partial charge in [0.15, 0.2) is 0 Å². The molecule has 2 unspecified atom stereocenters. The van der Waals surface area contributed by atoms with Crippen LogP contribution in [0.15, 0.2) is 35.5 Å². The van der Waals surface area contributed by atoms with Crippen LogP contribution in [-0.4, -0.2) is 80.6 Å². The van der Waals surface area contributed by atoms with Gasteiger partial charge in [0.05, 0.1) is 29.3 Å². The van der Waals surface area contributed by atoms with Crippen molar-refractivity contribution >= 4 is 46.9 Å². The summed E-state index contributed by atoms with van der Waals surface area (Å²) < 4.78 is 16.6. The Labute approximate surface area is 294 Å². The van der Waals surface area contributed by atoms with Crippen molar-refractivity contribution in [2.24, 2.45) is 16.6 Å². The number of aliphatic imine (C=N–C) groups is 1. The van der Waals surface area contributed by atoms with Gasteiger partial charge in [0.2, 0.25) is 5.91 Å². The Morgan fingerprint density at radius 2 is 1.74 bits per heavy atom. The van der Waals surface area contributed by atoms with E-state index in [1.54, 1.807) is 26.1 Å². The number of carbonyl (C=O) groups is 4. The highest BCUT2D eigenvalue weighted by atomic mass is 16.6. The zero-order valence-corrected chi connectivity index (χ0v) is 30.9. The van der Waals surface area contributed by atoms with Gasteiger partial charge in [-0.05, 0) is 91.8 Å². The van der Waals surface area contributed by atoms with E-state index in [9.17, 15) is 19.2 Å². The van der Waals surface area contributed by atoms with Crippen molar-refractivity contribution in [3.05, 3.63) is 41.7 Å². The van der Waals surface area contributed by atoms with Crippen molar-refractivity contribution in [2.45, 2.75) is 124 Å². The summed E-state index contributed by atoms with van der Waals surface area (Å²) in [4.78, 5) is 65.0. The molecule has 1 fully saturated rings. The fourth-order valence-corrected chi connectivity index (χ4v) is 5.03. The molecule has 1 aliphatic heterocycles. The number of rotatable bonds is 11. The Kier molecular flexibility index (Phi) is 13.5. The van der Waals surface area contributed by atoms with Crippen LogP contribution in [0.1, 0.15) is 106 Å². The zero-order valence-electron chi connectivity index (χ0n) is 30.9. The van der Waals surface area contributed by atoms with Crippen molar-refractivity contribution < 1.29 is 33.4 Å². The lowest BCUT2D eigenvalue weighted by Gasteiger charge is -2.34. The molecule has 50 heavy (non-hydrogen) atoms. The molecular formula is C36H53N7O7. The molecule has 274 valence electrons. The number of carbonyl (C=O) groups excluding carboxylic acids is 4. The minimum atomic E-state index is -0.908. The van der Waals surface area contributed by atoms with Crippen LogP contribution in [-0.2, 0) is 33.4 Å². The van der Waals surface area contributed by atoms with E-state index in [0.717, 1.165) is 5.56 Å². The predicted octanol–water partition coefficient (Wildman–Crippen LogP) is 4.13. The van der Waals surface area contributed by atoms with Gasteiger partial charge < -0.3 is 25.3 Å². The maximum atomic E-state index is 13.3. The van der Waals surface area contributed by atoms with E-state index in [2.05, 4.69) is 25.7 Å². The molecule has 1 aliphatic rings. The monoisotopic (exact) mass is 695 g/mol. The summed E-state index contributed by atoms with van der Waals surface area (Å²) in [6.07, 6.45) is 5.52. The maximum Gasteiger partial charge on any atom is 0.325 e. The van der Waals surface area contributed by atoms with Crippen molar-refractivity contribution in [3.63, 3.8) is 0 Å². The van der Waals surface area contributed by atoms with E-state index < -0.39 is 53.2 Å². The quantitative estimate of drug-likeness (QED) is 0.174. The van der Waals surface area contributed by atoms with Gasteiger partial charge in [0, 0.05) is 6.54 Å². The standard InChI is InChI=1S/C36H53N7O7/c1-21(2)30(41-34(37)50-36(8,9)10)31(45)39-22(3)32(46)43-18-12-14-26(42-43)33(47)48-23(4)28-20-38-25-17-16-24(19-27(25)40-28)13-11-15-29(44)49-35(5,6)7/h11,13,16-17,19-23,26,30,42H,12,14-15,18H2,1-10H3,(H2,37,41)(H,39,45)/b13-11+/t22?,23-,26+,30?/m1/s1. The van der Waals surface area contributed by atoms with Gasteiger partial charge in [0.25, 0.3) is 11.9 Å². The first-order valence-corrected chi connectivity index (χ1v) is 17.0. The Morgan fingerprint density at radius 3 is 2.38 bits per heavy atom. The average Bonchev–Trinajstić information content (AvgIpc) is 3.01. The smallest absolute Gasteiger partial charge is 0.325 e. The summed E-state index contributed by atoms with van der Waals surface area (Å²) in [6, 6.07) is 2.87. The minimum Gasteiger partial charge on any atom is -0.460 e. The second-order valence-electron chi connectivity index (χ2n) is 14.7. The third-order valence-corrected chi connectivity index (χ3v) is 7.35. The number of hydrogen-bond acceptors (Lipinski definition) is 11. The van der Waals surface area contributed by atoms with E-state index in [4.69, 9.17) is 19.9 Å². The fraction of sp³-hybridized carbons (Fsp3) is 0.583. The molecule has 4 atom stereocenters. The summed E-state index contributed by atoms with van der Waals surface area (Å²) in [5, 5.41) is 4.06. The number of hydrogen-bond donors (Lipinski definition) is 3. The lowest BCUT2D eigenvalue weighted by atomic mass is 10.0. The Bertz CT molecular complexity index is 1590. The number of amidine groups is 1. The van der Waals surface area contributed by atoms with Crippen molar-refractivity contribution in [2.75, 3.05) is 6.54 Å². The van der Waals surface area contributed by atoms with Crippen LogP contribution in [0, 0.1) is 5.92 Å². The van der Waals surface area contributed by atoms with Crippen LogP contribution < -0.4 is 16.5 Å². The normalized spacial score (nSPS) is 17.7. The summed E-state index contributed by atoms with van der Waals surface area (Å²) >= 11 is 0. The van der Waals surface area contributed by atoms with Crippen molar-refractivity contribution in [1.29, 1.82) is 0 Å². The molecule has 14 heteroatoms. The molecular weight excluding hydrogens is 642 g/mol. The number of fused-ring (bicyclic) bond motifs is 1. The summed E-state index contributed by atoms with van der Waals surface area (Å²) in [6.45, 7) is 18.2. The van der Waals surface area contributed by atoms with E-state index in [0.29, 0.717) is 36.1 Å². The van der Waals surface area contributed by atoms with Crippen LogP contribution in [0.3, 0.4) is 0 Å². The van der Waals surface area contributed by atoms with E-state index in [-0.39, 0.29) is 24.3 Å². The lowest BCUT2D eigenvalue weighted by Crippen LogP contribution is -2.60. The van der Waals surface area contributed by atoms with Gasteiger partial charge >= 0.3 is 11.9 Å². The third-order valence-electron chi connectivity index (χ3n) is 7.35. The molecule has 0 saturated carbocycles. The highest BCUT2D eigenvalue weighted by Gasteiger charge is 2.34. The number of nitrogens with zero attached hydrogens (tertiary/aromatic N) is 4. The van der Waals surface area contributed by atoms with Gasteiger partial charge in [-0.1, -0.05) is 32.1 Å². The first-order chi connectivity index (χ1) is 23.2. The molecule has 4 N–H and O–H groups in total. The molecule has 1 aromatic carbocycles. The number of ether oxygens (including phenoxy) is 3. The van der Waals surface area contributed by atoms with E-state index >= 15 is 0 Å². The van der Waals surface area contributed by atoms with E-state index in [1.807, 2.05) is 79.7 Å². The molecule has 2 aromatic rings. The highest BCUT2D eigenvalue weighted by molar-refractivity contribution is 5.91. The highest BCUT2D eigenvalue weighted by Crippen LogP contribution is 2.21. The van der Waals surface area contributed by atoms with Crippen molar-refractivity contribution in [1.82, 2.24) is 25.7 Å². The van der Waals surface area contributed by atoms with Gasteiger partial charge in [-0.15, -0.1) is 0 Å². The number of hydrazine groups is 1.